The molecule has 0 aliphatic carbocycles. The number of aryl methyl sites for hydroxylation is 1. The van der Waals surface area contributed by atoms with Crippen LogP contribution >= 0.6 is 0 Å². The van der Waals surface area contributed by atoms with Gasteiger partial charge in [0.05, 0.1) is 0 Å². The van der Waals surface area contributed by atoms with E-state index in [1.54, 1.807) is 6.07 Å². The largest absolute Gasteiger partial charge is 0.334 e. The number of anilines is 2. The maximum atomic E-state index is 12.6. The molecule has 0 saturated heterocycles. The molecule has 5 rings (SSSR count). The number of hydrogen-bond acceptors (Lipinski definition) is 2. The lowest BCUT2D eigenvalue weighted by Gasteiger charge is -2.13. The van der Waals surface area contributed by atoms with E-state index in [-0.39, 0.29) is 12.1 Å². The summed E-state index contributed by atoms with van der Waals surface area (Å²) < 4.78 is 0. The van der Waals surface area contributed by atoms with Gasteiger partial charge in [-0.25, -0.2) is 9.59 Å². The van der Waals surface area contributed by atoms with E-state index in [0.29, 0.717) is 24.5 Å². The Bertz CT molecular complexity index is 1600. The Kier molecular flexibility index (Phi) is 6.99. The van der Waals surface area contributed by atoms with Crippen LogP contribution in [0.2, 0.25) is 0 Å². The lowest BCUT2D eigenvalue weighted by molar-refractivity contribution is 0.251. The summed E-state index contributed by atoms with van der Waals surface area (Å²) in [5.74, 6) is 0. The SMILES string of the molecule is Cc1ccc(NC(=O)NCc2ccc3ccccc3c2)cc1NC(=O)NCc1ccc2ccccc2c1. The smallest absolute Gasteiger partial charge is 0.319 e. The van der Waals surface area contributed by atoms with Crippen molar-refractivity contribution in [3.05, 3.63) is 120 Å². The Morgan fingerprint density at radius 3 is 1.65 bits per heavy atom. The van der Waals surface area contributed by atoms with Crippen LogP contribution in [0.25, 0.3) is 21.5 Å². The summed E-state index contributed by atoms with van der Waals surface area (Å²) >= 11 is 0. The Balaban J connectivity index is 1.15. The van der Waals surface area contributed by atoms with Gasteiger partial charge in [0.1, 0.15) is 0 Å². The van der Waals surface area contributed by atoms with Gasteiger partial charge < -0.3 is 21.3 Å². The molecule has 0 bridgehead atoms. The van der Waals surface area contributed by atoms with Crippen molar-refractivity contribution in [3.63, 3.8) is 0 Å². The molecule has 4 N–H and O–H groups in total. The molecule has 0 unspecified atom stereocenters. The highest BCUT2D eigenvalue weighted by Gasteiger charge is 2.08. The highest BCUT2D eigenvalue weighted by molar-refractivity contribution is 5.93. The lowest BCUT2D eigenvalue weighted by Crippen LogP contribution is -2.29. The predicted octanol–water partition coefficient (Wildman–Crippen LogP) is 6.94. The number of fused-ring (bicyclic) bond motifs is 2. The van der Waals surface area contributed by atoms with Gasteiger partial charge in [0.15, 0.2) is 0 Å². The summed E-state index contributed by atoms with van der Waals surface area (Å²) in [4.78, 5) is 25.1. The van der Waals surface area contributed by atoms with Crippen molar-refractivity contribution < 1.29 is 9.59 Å². The highest BCUT2D eigenvalue weighted by atomic mass is 16.2. The van der Waals surface area contributed by atoms with Crippen LogP contribution in [-0.2, 0) is 13.1 Å². The second-order valence-electron chi connectivity index (χ2n) is 9.01. The number of hydrogen-bond donors (Lipinski definition) is 4. The molecule has 0 aliphatic rings. The number of rotatable bonds is 6. The lowest BCUT2D eigenvalue weighted by atomic mass is 10.1. The van der Waals surface area contributed by atoms with E-state index < -0.39 is 0 Å². The minimum absolute atomic E-state index is 0.311. The first-order chi connectivity index (χ1) is 18.0. The minimum atomic E-state index is -0.316. The molecule has 0 saturated carbocycles. The van der Waals surface area contributed by atoms with Gasteiger partial charge >= 0.3 is 12.1 Å². The molecule has 6 nitrogen and oxygen atoms in total. The van der Waals surface area contributed by atoms with Crippen molar-refractivity contribution in [1.82, 2.24) is 10.6 Å². The summed E-state index contributed by atoms with van der Waals surface area (Å²) in [5.41, 5.74) is 4.14. The van der Waals surface area contributed by atoms with Crippen LogP contribution in [0.4, 0.5) is 21.0 Å². The standard InChI is InChI=1S/C31H28N4O2/c1-21-10-15-28(34-30(36)32-19-22-11-13-24-6-2-4-8-26(24)16-22)18-29(21)35-31(37)33-20-23-12-14-25-7-3-5-9-27(25)17-23/h2-18H,19-20H2,1H3,(H2,32,34,36)(H2,33,35,37). The first-order valence-electron chi connectivity index (χ1n) is 12.2. The van der Waals surface area contributed by atoms with E-state index in [1.807, 2.05) is 61.5 Å². The molecule has 0 atom stereocenters. The molecular formula is C31H28N4O2. The van der Waals surface area contributed by atoms with E-state index >= 15 is 0 Å². The summed E-state index contributed by atoms with van der Waals surface area (Å²) in [5, 5.41) is 16.1. The van der Waals surface area contributed by atoms with E-state index in [0.717, 1.165) is 38.2 Å². The van der Waals surface area contributed by atoms with E-state index in [2.05, 4.69) is 63.7 Å². The third-order valence-electron chi connectivity index (χ3n) is 6.28. The Morgan fingerprint density at radius 2 is 1.08 bits per heavy atom. The van der Waals surface area contributed by atoms with E-state index in [9.17, 15) is 9.59 Å². The zero-order valence-corrected chi connectivity index (χ0v) is 20.5. The molecule has 184 valence electrons. The number of carbonyl (C=O) groups is 2. The first-order valence-corrected chi connectivity index (χ1v) is 12.2. The Hall–Kier alpha value is -4.84. The van der Waals surface area contributed by atoms with Crippen LogP contribution in [0, 0.1) is 6.92 Å². The minimum Gasteiger partial charge on any atom is -0.334 e. The van der Waals surface area contributed by atoms with Gasteiger partial charge in [0.25, 0.3) is 0 Å². The Labute approximate surface area is 215 Å². The number of urea groups is 2. The third-order valence-corrected chi connectivity index (χ3v) is 6.28. The molecule has 37 heavy (non-hydrogen) atoms. The predicted molar refractivity (Wildman–Crippen MR) is 151 cm³/mol. The van der Waals surface area contributed by atoms with Gasteiger partial charge in [0.2, 0.25) is 0 Å². The molecule has 0 aromatic heterocycles. The summed E-state index contributed by atoms with van der Waals surface area (Å²) in [6, 6.07) is 33.3. The molecule has 0 radical (unpaired) electrons. The van der Waals surface area contributed by atoms with Gasteiger partial charge in [-0.2, -0.15) is 0 Å². The van der Waals surface area contributed by atoms with E-state index in [1.165, 1.54) is 0 Å². The monoisotopic (exact) mass is 488 g/mol. The van der Waals surface area contributed by atoms with Crippen LogP contribution in [0.15, 0.2) is 103 Å². The Morgan fingerprint density at radius 1 is 0.568 bits per heavy atom. The number of carbonyl (C=O) groups excluding carboxylic acids is 2. The summed E-state index contributed by atoms with van der Waals surface area (Å²) in [6.45, 7) is 2.72. The number of benzene rings is 5. The van der Waals surface area contributed by atoms with E-state index in [4.69, 9.17) is 0 Å². The van der Waals surface area contributed by atoms with Gasteiger partial charge in [-0.05, 0) is 69.4 Å². The van der Waals surface area contributed by atoms with Crippen molar-refractivity contribution in [3.8, 4) is 0 Å². The molecule has 0 spiro atoms. The van der Waals surface area contributed by atoms with Crippen molar-refractivity contribution >= 4 is 45.0 Å². The fourth-order valence-electron chi connectivity index (χ4n) is 4.24. The molecule has 0 aliphatic heterocycles. The zero-order valence-electron chi connectivity index (χ0n) is 20.5. The molecule has 5 aromatic rings. The maximum absolute atomic E-state index is 12.6. The third kappa shape index (κ3) is 6.05. The van der Waals surface area contributed by atoms with Crippen LogP contribution in [0.5, 0.6) is 0 Å². The van der Waals surface area contributed by atoms with Gasteiger partial charge in [-0.3, -0.25) is 0 Å². The molecule has 0 heterocycles. The zero-order chi connectivity index (χ0) is 25.6. The second-order valence-corrected chi connectivity index (χ2v) is 9.01. The van der Waals surface area contributed by atoms with Crippen molar-refractivity contribution in [2.75, 3.05) is 10.6 Å². The molecule has 4 amide bonds. The fourth-order valence-corrected chi connectivity index (χ4v) is 4.24. The summed E-state index contributed by atoms with van der Waals surface area (Å²) in [6.07, 6.45) is 0. The quantitative estimate of drug-likeness (QED) is 0.209. The van der Waals surface area contributed by atoms with Crippen LogP contribution in [-0.4, -0.2) is 12.1 Å². The van der Waals surface area contributed by atoms with Gasteiger partial charge in [-0.15, -0.1) is 0 Å². The molecule has 0 fully saturated rings. The molecule has 6 heteroatoms. The van der Waals surface area contributed by atoms with Crippen molar-refractivity contribution in [2.24, 2.45) is 0 Å². The molecular weight excluding hydrogens is 460 g/mol. The average molecular weight is 489 g/mol. The van der Waals surface area contributed by atoms with Crippen LogP contribution in [0.3, 0.4) is 0 Å². The van der Waals surface area contributed by atoms with Crippen molar-refractivity contribution in [1.29, 1.82) is 0 Å². The van der Waals surface area contributed by atoms with Crippen molar-refractivity contribution in [2.45, 2.75) is 20.0 Å². The van der Waals surface area contributed by atoms with Gasteiger partial charge in [0, 0.05) is 24.5 Å². The summed E-state index contributed by atoms with van der Waals surface area (Å²) in [7, 11) is 0. The topological polar surface area (TPSA) is 82.3 Å². The second kappa shape index (κ2) is 10.8. The first kappa shape index (κ1) is 23.9. The normalized spacial score (nSPS) is 10.7. The number of amides is 4. The van der Waals surface area contributed by atoms with Crippen LogP contribution in [0.1, 0.15) is 16.7 Å². The fraction of sp³-hybridized carbons (Fsp3) is 0.0968. The van der Waals surface area contributed by atoms with Gasteiger partial charge in [-0.1, -0.05) is 78.9 Å². The van der Waals surface area contributed by atoms with Crippen LogP contribution < -0.4 is 21.3 Å². The molecule has 5 aromatic carbocycles. The number of nitrogens with one attached hydrogen (secondary N) is 4. The maximum Gasteiger partial charge on any atom is 0.319 e. The highest BCUT2D eigenvalue weighted by Crippen LogP contribution is 2.21. The average Bonchev–Trinajstić information content (AvgIpc) is 2.92.